The van der Waals surface area contributed by atoms with E-state index in [-0.39, 0.29) is 17.9 Å². The lowest BCUT2D eigenvalue weighted by atomic mass is 9.86. The Morgan fingerprint density at radius 1 is 1.23 bits per heavy atom. The molecule has 1 aliphatic heterocycles. The normalized spacial score (nSPS) is 27.5. The minimum atomic E-state index is -0.808. The zero-order valence-corrected chi connectivity index (χ0v) is 17.1. The van der Waals surface area contributed by atoms with Gasteiger partial charge in [0.25, 0.3) is 5.91 Å². The molecule has 144 valence electrons. The fourth-order valence-electron chi connectivity index (χ4n) is 4.33. The van der Waals surface area contributed by atoms with Gasteiger partial charge in [0.05, 0.1) is 28.8 Å². The molecule has 1 atom stereocenters. The molecule has 2 aliphatic rings. The molecule has 1 aliphatic carbocycles. The first-order chi connectivity index (χ1) is 11.8. The molecular weight excluding hydrogens is 352 g/mol. The summed E-state index contributed by atoms with van der Waals surface area (Å²) in [7, 11) is 0. The van der Waals surface area contributed by atoms with Crippen LogP contribution in [-0.4, -0.2) is 29.1 Å². The summed E-state index contributed by atoms with van der Waals surface area (Å²) in [5.74, 6) is -0.816. The molecule has 7 heteroatoms. The largest absolute Gasteiger partial charge is 0.395 e. The van der Waals surface area contributed by atoms with Gasteiger partial charge >= 0.3 is 0 Å². The lowest BCUT2D eigenvalue weighted by molar-refractivity contribution is -0.135. The van der Waals surface area contributed by atoms with Crippen molar-refractivity contribution in [2.24, 2.45) is 16.6 Å². The fourth-order valence-corrected chi connectivity index (χ4v) is 5.59. The van der Waals surface area contributed by atoms with Gasteiger partial charge in [0.15, 0.2) is 0 Å². The van der Waals surface area contributed by atoms with Crippen molar-refractivity contribution in [3.63, 3.8) is 0 Å². The smallest absolute Gasteiger partial charge is 0.251 e. The minimum Gasteiger partial charge on any atom is -0.395 e. The Kier molecular flexibility index (Phi) is 4.11. The number of primary amides is 1. The minimum absolute atomic E-state index is 0.218. The molecular formula is C19H28N2O4S. The van der Waals surface area contributed by atoms with Gasteiger partial charge in [-0.05, 0) is 45.1 Å². The fraction of sp³-hybridized carbons (Fsp3) is 0.684. The van der Waals surface area contributed by atoms with E-state index in [9.17, 15) is 14.7 Å². The lowest BCUT2D eigenvalue weighted by Crippen LogP contribution is -2.42. The quantitative estimate of drug-likeness (QED) is 0.747. The molecule has 6 nitrogen and oxygen atoms in total. The van der Waals surface area contributed by atoms with Crippen molar-refractivity contribution < 1.29 is 19.4 Å². The third-order valence-corrected chi connectivity index (χ3v) is 7.23. The summed E-state index contributed by atoms with van der Waals surface area (Å²) in [6.07, 6.45) is 1.16. The van der Waals surface area contributed by atoms with E-state index in [0.29, 0.717) is 23.4 Å². The van der Waals surface area contributed by atoms with Crippen molar-refractivity contribution in [2.75, 3.05) is 11.9 Å². The molecule has 0 radical (unpaired) electrons. The first kappa shape index (κ1) is 19.3. The van der Waals surface area contributed by atoms with Crippen LogP contribution in [0.1, 0.15) is 68.8 Å². The van der Waals surface area contributed by atoms with Gasteiger partial charge in [-0.1, -0.05) is 13.8 Å². The summed E-state index contributed by atoms with van der Waals surface area (Å²) in [5.41, 5.74) is 4.81. The highest BCUT2D eigenvalue weighted by atomic mass is 32.1. The molecule has 0 spiro atoms. The van der Waals surface area contributed by atoms with Gasteiger partial charge in [-0.2, -0.15) is 0 Å². The van der Waals surface area contributed by atoms with Crippen LogP contribution in [0.4, 0.5) is 5.00 Å². The van der Waals surface area contributed by atoms with Crippen LogP contribution in [0.25, 0.3) is 0 Å². The maximum atomic E-state index is 12.9. The third-order valence-electron chi connectivity index (χ3n) is 5.78. The van der Waals surface area contributed by atoms with Crippen LogP contribution in [0.5, 0.6) is 0 Å². The molecule has 4 N–H and O–H groups in total. The number of carbonyl (C=O) groups excluding carboxylic acids is 2. The SMILES string of the molecule is CC1(C)Cc2c(sc(NC(=O)C3(CO)CC3(C)C)c2C(N)=O)C(C)(C)O1. The number of aliphatic hydroxyl groups is 1. The van der Waals surface area contributed by atoms with Crippen LogP contribution >= 0.6 is 11.3 Å². The number of thiophene rings is 1. The molecule has 1 saturated carbocycles. The van der Waals surface area contributed by atoms with Gasteiger partial charge in [-0.15, -0.1) is 11.3 Å². The predicted molar refractivity (Wildman–Crippen MR) is 101 cm³/mol. The Bertz CT molecular complexity index is 794. The topological polar surface area (TPSA) is 102 Å². The highest BCUT2D eigenvalue weighted by Gasteiger charge is 2.66. The van der Waals surface area contributed by atoms with Crippen molar-refractivity contribution in [1.29, 1.82) is 0 Å². The zero-order valence-electron chi connectivity index (χ0n) is 16.3. The van der Waals surface area contributed by atoms with E-state index in [4.69, 9.17) is 10.5 Å². The molecule has 1 aromatic rings. The van der Waals surface area contributed by atoms with Gasteiger partial charge in [-0.25, -0.2) is 0 Å². The lowest BCUT2D eigenvalue weighted by Gasteiger charge is -2.41. The van der Waals surface area contributed by atoms with Crippen molar-refractivity contribution in [1.82, 2.24) is 0 Å². The number of aliphatic hydroxyl groups excluding tert-OH is 1. The summed E-state index contributed by atoms with van der Waals surface area (Å²) >= 11 is 1.34. The number of nitrogens with two attached hydrogens (primary N) is 1. The van der Waals surface area contributed by atoms with Crippen LogP contribution in [0.15, 0.2) is 0 Å². The maximum absolute atomic E-state index is 12.9. The first-order valence-electron chi connectivity index (χ1n) is 8.85. The van der Waals surface area contributed by atoms with Crippen molar-refractivity contribution in [3.05, 3.63) is 16.0 Å². The molecule has 26 heavy (non-hydrogen) atoms. The number of nitrogens with one attached hydrogen (secondary N) is 1. The van der Waals surface area contributed by atoms with Crippen LogP contribution in [0.2, 0.25) is 0 Å². The van der Waals surface area contributed by atoms with Gasteiger partial charge in [0, 0.05) is 11.3 Å². The Hall–Kier alpha value is -1.44. The Morgan fingerprint density at radius 2 is 1.81 bits per heavy atom. The van der Waals surface area contributed by atoms with E-state index in [1.54, 1.807) is 0 Å². The van der Waals surface area contributed by atoms with Crippen LogP contribution < -0.4 is 11.1 Å². The number of rotatable bonds is 4. The average Bonchev–Trinajstić information content (AvgIpc) is 2.84. The number of carbonyl (C=O) groups is 2. The second-order valence-corrected chi connectivity index (χ2v) is 10.3. The van der Waals surface area contributed by atoms with Gasteiger partial charge in [0.1, 0.15) is 5.00 Å². The Morgan fingerprint density at radius 3 is 2.27 bits per heavy atom. The molecule has 1 aromatic heterocycles. The van der Waals surface area contributed by atoms with E-state index in [1.807, 2.05) is 41.5 Å². The van der Waals surface area contributed by atoms with E-state index in [0.717, 1.165) is 10.4 Å². The van der Waals surface area contributed by atoms with Gasteiger partial charge < -0.3 is 20.9 Å². The molecule has 3 rings (SSSR count). The Labute approximate surface area is 158 Å². The van der Waals surface area contributed by atoms with E-state index in [1.165, 1.54) is 11.3 Å². The van der Waals surface area contributed by atoms with Gasteiger partial charge in [-0.3, -0.25) is 9.59 Å². The van der Waals surface area contributed by atoms with Crippen LogP contribution in [0.3, 0.4) is 0 Å². The summed E-state index contributed by atoms with van der Waals surface area (Å²) in [6, 6.07) is 0. The summed E-state index contributed by atoms with van der Waals surface area (Å²) < 4.78 is 6.18. The summed E-state index contributed by atoms with van der Waals surface area (Å²) in [5, 5.41) is 13.1. The summed E-state index contributed by atoms with van der Waals surface area (Å²) in [4.78, 5) is 26.0. The second kappa shape index (κ2) is 5.53. The average molecular weight is 381 g/mol. The molecule has 2 heterocycles. The maximum Gasteiger partial charge on any atom is 0.251 e. The molecule has 0 saturated heterocycles. The number of amides is 2. The molecule has 1 unspecified atom stereocenters. The van der Waals surface area contributed by atoms with Crippen LogP contribution in [0, 0.1) is 10.8 Å². The third kappa shape index (κ3) is 2.77. The van der Waals surface area contributed by atoms with Crippen LogP contribution in [-0.2, 0) is 21.6 Å². The molecule has 1 fully saturated rings. The number of hydrogen-bond donors (Lipinski definition) is 3. The Balaban J connectivity index is 2.04. The number of fused-ring (bicyclic) bond motifs is 1. The van der Waals surface area contributed by atoms with Crippen molar-refractivity contribution in [2.45, 2.75) is 65.6 Å². The first-order valence-corrected chi connectivity index (χ1v) is 9.66. The summed E-state index contributed by atoms with van der Waals surface area (Å²) in [6.45, 7) is 11.6. The number of anilines is 1. The van der Waals surface area contributed by atoms with E-state index in [2.05, 4.69) is 5.32 Å². The highest BCUT2D eigenvalue weighted by Crippen LogP contribution is 2.63. The standard InChI is InChI=1S/C19H28N2O4S/c1-16(2)8-19(16,9-22)15(24)21-14-11(13(20)23)10-7-17(3,4)25-18(5,6)12(10)26-14/h22H,7-9H2,1-6H3,(H2,20,23)(H,21,24). The molecule has 0 aromatic carbocycles. The molecule has 2 amide bonds. The zero-order chi connectivity index (χ0) is 19.7. The second-order valence-electron chi connectivity index (χ2n) is 9.28. The number of ether oxygens (including phenoxy) is 1. The van der Waals surface area contributed by atoms with E-state index < -0.39 is 22.5 Å². The number of hydrogen-bond acceptors (Lipinski definition) is 5. The van der Waals surface area contributed by atoms with E-state index >= 15 is 0 Å². The highest BCUT2D eigenvalue weighted by molar-refractivity contribution is 7.17. The molecule has 0 bridgehead atoms. The van der Waals surface area contributed by atoms with Crippen molar-refractivity contribution >= 4 is 28.2 Å². The van der Waals surface area contributed by atoms with Crippen molar-refractivity contribution in [3.8, 4) is 0 Å². The monoisotopic (exact) mass is 380 g/mol. The van der Waals surface area contributed by atoms with Gasteiger partial charge in [0.2, 0.25) is 5.91 Å². The predicted octanol–water partition coefficient (Wildman–Crippen LogP) is 2.78.